The fraction of sp³-hybridized carbons (Fsp3) is 0.435. The van der Waals surface area contributed by atoms with Crippen LogP contribution in [-0.2, 0) is 14.8 Å². The van der Waals surface area contributed by atoms with E-state index < -0.39 is 22.0 Å². The van der Waals surface area contributed by atoms with Crippen LogP contribution in [0.3, 0.4) is 0 Å². The maximum atomic E-state index is 12.7. The first kappa shape index (κ1) is 25.3. The summed E-state index contributed by atoms with van der Waals surface area (Å²) in [5.41, 5.74) is 1.39. The monoisotopic (exact) mass is 464 g/mol. The number of ether oxygens (including phenoxy) is 3. The van der Waals surface area contributed by atoms with E-state index in [-0.39, 0.29) is 13.2 Å². The molecule has 0 spiro atoms. The van der Waals surface area contributed by atoms with Crippen LogP contribution in [0, 0.1) is 0 Å². The molecule has 1 amide bonds. The van der Waals surface area contributed by atoms with Gasteiger partial charge in [0.25, 0.3) is 0 Å². The van der Waals surface area contributed by atoms with Gasteiger partial charge in [-0.15, -0.1) is 0 Å². The Balaban J connectivity index is 2.08. The molecule has 0 heterocycles. The van der Waals surface area contributed by atoms with Crippen LogP contribution in [0.15, 0.2) is 42.5 Å². The summed E-state index contributed by atoms with van der Waals surface area (Å²) in [5, 5.41) is 2.75. The molecule has 0 saturated heterocycles. The first-order chi connectivity index (χ1) is 15.1. The second-order valence-electron chi connectivity index (χ2n) is 7.61. The summed E-state index contributed by atoms with van der Waals surface area (Å²) >= 11 is 0. The van der Waals surface area contributed by atoms with Crippen LogP contribution in [-0.4, -0.2) is 54.0 Å². The second-order valence-corrected chi connectivity index (χ2v) is 9.47. The Morgan fingerprint density at radius 3 is 2.25 bits per heavy atom. The number of carbonyl (C=O) groups is 1. The number of anilines is 1. The lowest BCUT2D eigenvalue weighted by Gasteiger charge is -2.28. The summed E-state index contributed by atoms with van der Waals surface area (Å²) in [4.78, 5) is 12.7. The van der Waals surface area contributed by atoms with Crippen LogP contribution in [0.25, 0.3) is 0 Å². The van der Waals surface area contributed by atoms with E-state index in [1.54, 1.807) is 12.1 Å². The lowest BCUT2D eigenvalue weighted by molar-refractivity contribution is -0.121. The number of hydrogen-bond donors (Lipinski definition) is 1. The third kappa shape index (κ3) is 6.29. The molecule has 0 aliphatic rings. The van der Waals surface area contributed by atoms with Crippen LogP contribution in [0.1, 0.15) is 32.3 Å². The van der Waals surface area contributed by atoms with Gasteiger partial charge in [0.15, 0.2) is 11.5 Å². The van der Waals surface area contributed by atoms with E-state index in [9.17, 15) is 13.2 Å². The molecule has 0 saturated carbocycles. The van der Waals surface area contributed by atoms with Gasteiger partial charge in [-0.05, 0) is 36.6 Å². The molecule has 0 aromatic heterocycles. The molecule has 32 heavy (non-hydrogen) atoms. The predicted molar refractivity (Wildman–Crippen MR) is 125 cm³/mol. The highest BCUT2D eigenvalue weighted by Crippen LogP contribution is 2.33. The molecule has 0 fully saturated rings. The Kier molecular flexibility index (Phi) is 8.77. The Morgan fingerprint density at radius 2 is 1.66 bits per heavy atom. The lowest BCUT2D eigenvalue weighted by atomic mass is 10.0. The van der Waals surface area contributed by atoms with Crippen molar-refractivity contribution in [1.29, 1.82) is 0 Å². The summed E-state index contributed by atoms with van der Waals surface area (Å²) in [7, 11) is -0.803. The molecule has 1 atom stereocenters. The fourth-order valence-electron chi connectivity index (χ4n) is 3.34. The highest BCUT2D eigenvalue weighted by Gasteiger charge is 2.29. The summed E-state index contributed by atoms with van der Waals surface area (Å²) in [6.07, 6.45) is 1.06. The molecule has 0 radical (unpaired) electrons. The van der Waals surface area contributed by atoms with Gasteiger partial charge in [-0.25, -0.2) is 8.42 Å². The van der Waals surface area contributed by atoms with E-state index in [0.717, 1.165) is 21.9 Å². The van der Waals surface area contributed by atoms with Crippen molar-refractivity contribution in [1.82, 2.24) is 5.32 Å². The summed E-state index contributed by atoms with van der Waals surface area (Å²) in [6, 6.07) is 11.5. The zero-order valence-corrected chi connectivity index (χ0v) is 20.2. The molecule has 0 unspecified atom stereocenters. The molecular formula is C23H32N2O6S. The van der Waals surface area contributed by atoms with Crippen LogP contribution >= 0.6 is 0 Å². The van der Waals surface area contributed by atoms with E-state index in [1.165, 1.54) is 27.2 Å². The van der Waals surface area contributed by atoms with Gasteiger partial charge in [0.2, 0.25) is 15.9 Å². The SMILES string of the molecule is COc1ccc(N([C@@H](C)C(=O)NCCOc2ccccc2C(C)C)S(C)(=O)=O)cc1OC. The van der Waals surface area contributed by atoms with Crippen LogP contribution in [0.2, 0.25) is 0 Å². The summed E-state index contributed by atoms with van der Waals surface area (Å²) in [5.74, 6) is 1.47. The highest BCUT2D eigenvalue weighted by molar-refractivity contribution is 7.92. The van der Waals surface area contributed by atoms with Gasteiger partial charge in [0.1, 0.15) is 18.4 Å². The molecule has 176 valence electrons. The van der Waals surface area contributed by atoms with Crippen molar-refractivity contribution in [2.24, 2.45) is 0 Å². The van der Waals surface area contributed by atoms with Crippen molar-refractivity contribution in [2.75, 3.05) is 37.9 Å². The molecule has 9 heteroatoms. The molecule has 0 aliphatic carbocycles. The van der Waals surface area contributed by atoms with Crippen molar-refractivity contribution >= 4 is 21.6 Å². The quantitative estimate of drug-likeness (QED) is 0.514. The molecular weight excluding hydrogens is 432 g/mol. The van der Waals surface area contributed by atoms with E-state index in [0.29, 0.717) is 23.1 Å². The molecule has 2 rings (SSSR count). The number of methoxy groups -OCH3 is 2. The van der Waals surface area contributed by atoms with E-state index in [4.69, 9.17) is 14.2 Å². The molecule has 8 nitrogen and oxygen atoms in total. The van der Waals surface area contributed by atoms with Crippen LogP contribution in [0.5, 0.6) is 17.2 Å². The largest absolute Gasteiger partial charge is 0.493 e. The van der Waals surface area contributed by atoms with Gasteiger partial charge in [0.05, 0.1) is 32.7 Å². The smallest absolute Gasteiger partial charge is 0.243 e. The second kappa shape index (κ2) is 11.1. The van der Waals surface area contributed by atoms with Crippen molar-refractivity contribution in [3.63, 3.8) is 0 Å². The van der Waals surface area contributed by atoms with Gasteiger partial charge in [-0.1, -0.05) is 32.0 Å². The zero-order valence-electron chi connectivity index (χ0n) is 19.4. The first-order valence-electron chi connectivity index (χ1n) is 10.3. The number of carbonyl (C=O) groups excluding carboxylic acids is 1. The number of hydrogen-bond acceptors (Lipinski definition) is 6. The van der Waals surface area contributed by atoms with Gasteiger partial charge < -0.3 is 19.5 Å². The third-order valence-electron chi connectivity index (χ3n) is 4.91. The minimum atomic E-state index is -3.75. The summed E-state index contributed by atoms with van der Waals surface area (Å²) < 4.78 is 42.3. The highest BCUT2D eigenvalue weighted by atomic mass is 32.2. The number of benzene rings is 2. The van der Waals surface area contributed by atoms with Gasteiger partial charge >= 0.3 is 0 Å². The Morgan fingerprint density at radius 1 is 1.00 bits per heavy atom. The topological polar surface area (TPSA) is 94.2 Å². The third-order valence-corrected chi connectivity index (χ3v) is 6.15. The standard InChI is InChI=1S/C23H32N2O6S/c1-16(2)19-9-7-8-10-20(19)31-14-13-24-23(26)17(3)25(32(6,27)28)18-11-12-21(29-4)22(15-18)30-5/h7-12,15-17H,13-14H2,1-6H3,(H,24,26)/t17-/m0/s1. The van der Waals surface area contributed by atoms with Crippen LogP contribution < -0.4 is 23.8 Å². The Labute approximate surface area is 190 Å². The van der Waals surface area contributed by atoms with Crippen molar-refractivity contribution in [3.8, 4) is 17.2 Å². The first-order valence-corrected chi connectivity index (χ1v) is 12.2. The minimum absolute atomic E-state index is 0.235. The van der Waals surface area contributed by atoms with Crippen molar-refractivity contribution < 1.29 is 27.4 Å². The molecule has 1 N–H and O–H groups in total. The van der Waals surface area contributed by atoms with E-state index in [2.05, 4.69) is 19.2 Å². The number of nitrogens with one attached hydrogen (secondary N) is 1. The molecule has 2 aromatic carbocycles. The number of para-hydroxylation sites is 1. The molecule has 2 aromatic rings. The fourth-order valence-corrected chi connectivity index (χ4v) is 4.51. The Hall–Kier alpha value is -2.94. The maximum Gasteiger partial charge on any atom is 0.243 e. The normalized spacial score (nSPS) is 12.2. The van der Waals surface area contributed by atoms with Crippen molar-refractivity contribution in [3.05, 3.63) is 48.0 Å². The number of sulfonamides is 1. The Bertz CT molecular complexity index is 1020. The zero-order chi connectivity index (χ0) is 23.9. The van der Waals surface area contributed by atoms with Gasteiger partial charge in [-0.3, -0.25) is 9.10 Å². The molecule has 0 aliphatic heterocycles. The average Bonchev–Trinajstić information content (AvgIpc) is 2.75. The van der Waals surface area contributed by atoms with E-state index >= 15 is 0 Å². The van der Waals surface area contributed by atoms with Crippen molar-refractivity contribution in [2.45, 2.75) is 32.7 Å². The minimum Gasteiger partial charge on any atom is -0.493 e. The average molecular weight is 465 g/mol. The van der Waals surface area contributed by atoms with Gasteiger partial charge in [0, 0.05) is 6.07 Å². The number of nitrogens with zero attached hydrogens (tertiary/aromatic N) is 1. The predicted octanol–water partition coefficient (Wildman–Crippen LogP) is 3.18. The number of rotatable bonds is 11. The van der Waals surface area contributed by atoms with Crippen LogP contribution in [0.4, 0.5) is 5.69 Å². The van der Waals surface area contributed by atoms with E-state index in [1.807, 2.05) is 24.3 Å². The number of amides is 1. The summed E-state index contributed by atoms with van der Waals surface area (Å²) in [6.45, 7) is 6.19. The lowest BCUT2D eigenvalue weighted by Crippen LogP contribution is -2.48. The van der Waals surface area contributed by atoms with Gasteiger partial charge in [-0.2, -0.15) is 0 Å². The maximum absolute atomic E-state index is 12.7. The molecule has 0 bridgehead atoms.